The highest BCUT2D eigenvalue weighted by Gasteiger charge is 2.17. The van der Waals surface area contributed by atoms with Crippen LogP contribution in [0.15, 0.2) is 58.4 Å². The molecule has 0 radical (unpaired) electrons. The number of benzene rings is 2. The van der Waals surface area contributed by atoms with Gasteiger partial charge in [-0.1, -0.05) is 35.6 Å². The largest absolute Gasteiger partial charge is 0.465 e. The molecule has 0 bridgehead atoms. The molecule has 0 atom stereocenters. The first-order valence-electron chi connectivity index (χ1n) is 9.60. The highest BCUT2D eigenvalue weighted by atomic mass is 32.2. The SMILES string of the molecule is CCOC(=O)Cn1c(=NC(=O)CCCS(=O)(=O)c2ccccc2)sc2cccc(F)c21. The van der Waals surface area contributed by atoms with Crippen LogP contribution in [0.5, 0.6) is 0 Å². The number of aromatic nitrogens is 1. The Morgan fingerprint density at radius 2 is 1.87 bits per heavy atom. The van der Waals surface area contributed by atoms with Gasteiger partial charge in [0, 0.05) is 6.42 Å². The van der Waals surface area contributed by atoms with Crippen LogP contribution in [0.3, 0.4) is 0 Å². The molecule has 164 valence electrons. The number of esters is 1. The van der Waals surface area contributed by atoms with Gasteiger partial charge in [-0.15, -0.1) is 0 Å². The first-order chi connectivity index (χ1) is 14.8. The summed E-state index contributed by atoms with van der Waals surface area (Å²) in [5.74, 6) is -1.86. The van der Waals surface area contributed by atoms with Crippen molar-refractivity contribution in [3.63, 3.8) is 0 Å². The van der Waals surface area contributed by atoms with Crippen LogP contribution in [0, 0.1) is 5.82 Å². The number of hydrogen-bond donors (Lipinski definition) is 0. The second-order valence-electron chi connectivity index (χ2n) is 6.60. The predicted octanol–water partition coefficient (Wildman–Crippen LogP) is 3.09. The Morgan fingerprint density at radius 3 is 2.58 bits per heavy atom. The number of sulfone groups is 1. The van der Waals surface area contributed by atoms with Gasteiger partial charge in [0.15, 0.2) is 14.6 Å². The van der Waals surface area contributed by atoms with E-state index < -0.39 is 27.5 Å². The van der Waals surface area contributed by atoms with E-state index in [1.807, 2.05) is 0 Å². The molecule has 0 aliphatic rings. The molecular weight excluding hydrogens is 443 g/mol. The van der Waals surface area contributed by atoms with Crippen molar-refractivity contribution in [2.75, 3.05) is 12.4 Å². The Hall–Kier alpha value is -2.85. The molecule has 10 heteroatoms. The number of carbonyl (C=O) groups is 2. The molecule has 0 saturated carbocycles. The lowest BCUT2D eigenvalue weighted by atomic mass is 10.3. The van der Waals surface area contributed by atoms with Crippen molar-refractivity contribution in [2.24, 2.45) is 4.99 Å². The van der Waals surface area contributed by atoms with Gasteiger partial charge >= 0.3 is 5.97 Å². The van der Waals surface area contributed by atoms with Crippen LogP contribution in [0.25, 0.3) is 10.2 Å². The summed E-state index contributed by atoms with van der Waals surface area (Å²) < 4.78 is 45.8. The summed E-state index contributed by atoms with van der Waals surface area (Å²) in [5, 5.41) is 0. The minimum atomic E-state index is -3.49. The van der Waals surface area contributed by atoms with E-state index in [-0.39, 0.29) is 47.0 Å². The molecule has 2 aromatic carbocycles. The quantitative estimate of drug-likeness (QED) is 0.478. The summed E-state index contributed by atoms with van der Waals surface area (Å²) in [6.07, 6.45) is -0.00110. The van der Waals surface area contributed by atoms with E-state index in [0.29, 0.717) is 4.70 Å². The number of carbonyl (C=O) groups excluding carboxylic acids is 2. The van der Waals surface area contributed by atoms with Gasteiger partial charge in [-0.3, -0.25) is 9.59 Å². The van der Waals surface area contributed by atoms with E-state index in [2.05, 4.69) is 4.99 Å². The number of hydrogen-bond acceptors (Lipinski definition) is 6. The summed E-state index contributed by atoms with van der Waals surface area (Å²) in [6, 6.07) is 12.5. The standard InChI is InChI=1S/C21H21FN2O5S2/c1-2-29-19(26)14-24-20-16(22)10-6-11-17(20)30-21(24)23-18(25)12-7-13-31(27,28)15-8-4-3-5-9-15/h3-6,8-11H,2,7,12-14H2,1H3. The van der Waals surface area contributed by atoms with E-state index in [0.717, 1.165) is 11.3 Å². The van der Waals surface area contributed by atoms with Crippen LogP contribution in [-0.2, 0) is 30.7 Å². The van der Waals surface area contributed by atoms with Crippen molar-refractivity contribution in [3.8, 4) is 0 Å². The maximum absolute atomic E-state index is 14.4. The van der Waals surface area contributed by atoms with E-state index in [1.165, 1.54) is 28.8 Å². The lowest BCUT2D eigenvalue weighted by Gasteiger charge is -2.05. The molecule has 0 saturated heterocycles. The van der Waals surface area contributed by atoms with Crippen LogP contribution in [-0.4, -0.2) is 37.2 Å². The maximum Gasteiger partial charge on any atom is 0.326 e. The second-order valence-corrected chi connectivity index (χ2v) is 9.72. The fourth-order valence-corrected chi connectivity index (χ4v) is 5.37. The molecule has 31 heavy (non-hydrogen) atoms. The lowest BCUT2D eigenvalue weighted by molar-refractivity contribution is -0.143. The third-order valence-electron chi connectivity index (χ3n) is 4.37. The number of para-hydroxylation sites is 1. The second kappa shape index (κ2) is 9.97. The Kier molecular flexibility index (Phi) is 7.34. The van der Waals surface area contributed by atoms with Crippen molar-refractivity contribution < 1.29 is 27.1 Å². The minimum Gasteiger partial charge on any atom is -0.465 e. The third-order valence-corrected chi connectivity index (χ3v) is 7.23. The number of rotatable bonds is 8. The maximum atomic E-state index is 14.4. The highest BCUT2D eigenvalue weighted by molar-refractivity contribution is 7.91. The van der Waals surface area contributed by atoms with E-state index >= 15 is 0 Å². The first-order valence-corrected chi connectivity index (χ1v) is 12.1. The monoisotopic (exact) mass is 464 g/mol. The number of ether oxygens (including phenoxy) is 1. The van der Waals surface area contributed by atoms with E-state index in [9.17, 15) is 22.4 Å². The number of amides is 1. The minimum absolute atomic E-state index is 0.0939. The fourth-order valence-electron chi connectivity index (χ4n) is 2.98. The molecule has 0 aliphatic heterocycles. The van der Waals surface area contributed by atoms with Crippen LogP contribution in [0.1, 0.15) is 19.8 Å². The number of thiazole rings is 1. The average Bonchev–Trinajstić information content (AvgIpc) is 3.06. The zero-order valence-electron chi connectivity index (χ0n) is 16.8. The van der Waals surface area contributed by atoms with Crippen molar-refractivity contribution in [3.05, 3.63) is 59.1 Å². The first kappa shape index (κ1) is 22.8. The summed E-state index contributed by atoms with van der Waals surface area (Å²) >= 11 is 1.07. The van der Waals surface area contributed by atoms with Crippen molar-refractivity contribution in [1.29, 1.82) is 0 Å². The Morgan fingerprint density at radius 1 is 1.13 bits per heavy atom. The summed E-state index contributed by atoms with van der Waals surface area (Å²) in [5.41, 5.74) is 0.166. The molecule has 3 aromatic rings. The van der Waals surface area contributed by atoms with Gasteiger partial charge in [-0.2, -0.15) is 4.99 Å². The van der Waals surface area contributed by atoms with Crippen LogP contribution in [0.4, 0.5) is 4.39 Å². The molecule has 0 spiro atoms. The van der Waals surface area contributed by atoms with Crippen molar-refractivity contribution in [1.82, 2.24) is 4.57 Å². The van der Waals surface area contributed by atoms with Crippen LogP contribution < -0.4 is 4.80 Å². The van der Waals surface area contributed by atoms with Crippen LogP contribution >= 0.6 is 11.3 Å². The molecule has 0 aliphatic carbocycles. The Bertz CT molecular complexity index is 1260. The Labute approximate surface area is 182 Å². The van der Waals surface area contributed by atoms with Gasteiger partial charge in [0.2, 0.25) is 5.91 Å². The van der Waals surface area contributed by atoms with Gasteiger partial charge in [0.1, 0.15) is 12.4 Å². The van der Waals surface area contributed by atoms with E-state index in [4.69, 9.17) is 4.74 Å². The molecule has 1 aromatic heterocycles. The number of fused-ring (bicyclic) bond motifs is 1. The molecule has 0 N–H and O–H groups in total. The smallest absolute Gasteiger partial charge is 0.326 e. The molecule has 1 amide bonds. The van der Waals surface area contributed by atoms with Crippen LogP contribution in [0.2, 0.25) is 0 Å². The summed E-state index contributed by atoms with van der Waals surface area (Å²) in [6.45, 7) is 1.54. The zero-order valence-corrected chi connectivity index (χ0v) is 18.4. The molecule has 0 unspecified atom stereocenters. The summed E-state index contributed by atoms with van der Waals surface area (Å²) in [4.78, 5) is 28.7. The average molecular weight is 465 g/mol. The van der Waals surface area contributed by atoms with Gasteiger partial charge in [-0.05, 0) is 37.6 Å². The van der Waals surface area contributed by atoms with Crippen molar-refractivity contribution >= 4 is 43.3 Å². The molecule has 3 rings (SSSR count). The zero-order chi connectivity index (χ0) is 22.4. The molecular formula is C21H21FN2O5S2. The fraction of sp³-hybridized carbons (Fsp3) is 0.286. The molecule has 0 fully saturated rings. The topological polar surface area (TPSA) is 94.8 Å². The number of nitrogens with zero attached hydrogens (tertiary/aromatic N) is 2. The third kappa shape index (κ3) is 5.65. The lowest BCUT2D eigenvalue weighted by Crippen LogP contribution is -2.23. The number of halogens is 1. The van der Waals surface area contributed by atoms with Crippen molar-refractivity contribution in [2.45, 2.75) is 31.2 Å². The van der Waals surface area contributed by atoms with Gasteiger partial charge in [0.05, 0.1) is 27.5 Å². The highest BCUT2D eigenvalue weighted by Crippen LogP contribution is 2.20. The summed E-state index contributed by atoms with van der Waals surface area (Å²) in [7, 11) is -3.49. The normalized spacial score (nSPS) is 12.3. The van der Waals surface area contributed by atoms with E-state index in [1.54, 1.807) is 31.2 Å². The van der Waals surface area contributed by atoms with Gasteiger partial charge in [0.25, 0.3) is 0 Å². The predicted molar refractivity (Wildman–Crippen MR) is 115 cm³/mol. The van der Waals surface area contributed by atoms with Gasteiger partial charge < -0.3 is 9.30 Å². The molecule has 1 heterocycles. The Balaban J connectivity index is 1.80. The van der Waals surface area contributed by atoms with Gasteiger partial charge in [-0.25, -0.2) is 12.8 Å². The molecule has 7 nitrogen and oxygen atoms in total.